The Morgan fingerprint density at radius 3 is 2.38 bits per heavy atom. The van der Waals surface area contributed by atoms with Crippen LogP contribution in [-0.4, -0.2) is 11.7 Å². The molecule has 0 aliphatic rings. The van der Waals surface area contributed by atoms with Gasteiger partial charge in [-0.3, -0.25) is 0 Å². The Bertz CT molecular complexity index is 340. The fourth-order valence-corrected chi connectivity index (χ4v) is 1.02. The summed E-state index contributed by atoms with van der Waals surface area (Å²) in [5.41, 5.74) is 2.81. The molecule has 0 heterocycles. The molecule has 0 aromatic heterocycles. The SMILES string of the molecule is C=C\C=C(/C=C(C=C)/C=C\C(=C)CC)CO. The van der Waals surface area contributed by atoms with Crippen LogP contribution < -0.4 is 0 Å². The molecule has 0 bridgehead atoms. The molecular weight excluding hydrogens is 196 g/mol. The van der Waals surface area contributed by atoms with E-state index in [1.165, 1.54) is 0 Å². The zero-order chi connectivity index (χ0) is 12.4. The van der Waals surface area contributed by atoms with E-state index in [-0.39, 0.29) is 6.61 Å². The summed E-state index contributed by atoms with van der Waals surface area (Å²) in [6, 6.07) is 0. The van der Waals surface area contributed by atoms with E-state index in [0.29, 0.717) is 0 Å². The van der Waals surface area contributed by atoms with Crippen LogP contribution in [0.1, 0.15) is 13.3 Å². The lowest BCUT2D eigenvalue weighted by molar-refractivity contribution is 0.335. The van der Waals surface area contributed by atoms with Crippen LogP contribution in [0.25, 0.3) is 0 Å². The van der Waals surface area contributed by atoms with Gasteiger partial charge in [-0.2, -0.15) is 0 Å². The Balaban J connectivity index is 4.84. The van der Waals surface area contributed by atoms with Crippen molar-refractivity contribution in [2.45, 2.75) is 13.3 Å². The second kappa shape index (κ2) is 8.69. The third-order valence-electron chi connectivity index (χ3n) is 2.07. The molecule has 1 heteroatoms. The standard InChI is InChI=1S/C15H20O/c1-5-8-15(12-16)11-14(7-3)10-9-13(4)6-2/h5,7-11,16H,1,3-4,6,12H2,2H3/b10-9-,14-11+,15-8+. The van der Waals surface area contributed by atoms with Crippen LogP contribution in [0.5, 0.6) is 0 Å². The summed E-state index contributed by atoms with van der Waals surface area (Å²) in [6.45, 7) is 13.3. The topological polar surface area (TPSA) is 20.2 Å². The molecule has 0 spiro atoms. The average molecular weight is 216 g/mol. The molecule has 0 amide bonds. The molecule has 0 radical (unpaired) electrons. The van der Waals surface area contributed by atoms with Gasteiger partial charge >= 0.3 is 0 Å². The fourth-order valence-electron chi connectivity index (χ4n) is 1.02. The molecule has 1 nitrogen and oxygen atoms in total. The number of hydrogen-bond donors (Lipinski definition) is 1. The molecule has 0 atom stereocenters. The summed E-state index contributed by atoms with van der Waals surface area (Å²) in [5, 5.41) is 9.09. The van der Waals surface area contributed by atoms with Gasteiger partial charge in [0.15, 0.2) is 0 Å². The molecule has 0 aliphatic carbocycles. The largest absolute Gasteiger partial charge is 0.392 e. The van der Waals surface area contributed by atoms with Crippen molar-refractivity contribution in [3.05, 3.63) is 72.9 Å². The molecule has 86 valence electrons. The molecule has 0 unspecified atom stereocenters. The predicted molar refractivity (Wildman–Crippen MR) is 72.2 cm³/mol. The first-order chi connectivity index (χ1) is 7.67. The second-order valence-corrected chi connectivity index (χ2v) is 3.33. The van der Waals surface area contributed by atoms with Crippen LogP contribution in [0.3, 0.4) is 0 Å². The summed E-state index contributed by atoms with van der Waals surface area (Å²) >= 11 is 0. The van der Waals surface area contributed by atoms with Gasteiger partial charge in [0.1, 0.15) is 0 Å². The van der Waals surface area contributed by atoms with E-state index in [0.717, 1.165) is 23.1 Å². The Hall–Kier alpha value is -1.60. The second-order valence-electron chi connectivity index (χ2n) is 3.33. The Morgan fingerprint density at radius 1 is 1.25 bits per heavy atom. The first kappa shape index (κ1) is 14.4. The lowest BCUT2D eigenvalue weighted by Crippen LogP contribution is -1.87. The molecule has 1 N–H and O–H groups in total. The minimum atomic E-state index is -0.00801. The van der Waals surface area contributed by atoms with Gasteiger partial charge in [-0.15, -0.1) is 0 Å². The monoisotopic (exact) mass is 216 g/mol. The Labute approximate surface area is 98.5 Å². The first-order valence-corrected chi connectivity index (χ1v) is 5.30. The third-order valence-corrected chi connectivity index (χ3v) is 2.07. The number of hydrogen-bond acceptors (Lipinski definition) is 1. The summed E-state index contributed by atoms with van der Waals surface area (Å²) in [5.74, 6) is 0. The predicted octanol–water partition coefficient (Wildman–Crippen LogP) is 3.73. The van der Waals surface area contributed by atoms with Crippen molar-refractivity contribution in [2.24, 2.45) is 0 Å². The Morgan fingerprint density at radius 2 is 1.94 bits per heavy atom. The van der Waals surface area contributed by atoms with Gasteiger partial charge in [-0.05, 0) is 23.6 Å². The quantitative estimate of drug-likeness (QED) is 0.643. The molecule has 0 saturated heterocycles. The molecule has 0 aliphatic heterocycles. The summed E-state index contributed by atoms with van der Waals surface area (Å²) < 4.78 is 0. The molecule has 16 heavy (non-hydrogen) atoms. The fraction of sp³-hybridized carbons (Fsp3) is 0.200. The maximum atomic E-state index is 9.09. The smallest absolute Gasteiger partial charge is 0.0682 e. The van der Waals surface area contributed by atoms with Gasteiger partial charge in [0.2, 0.25) is 0 Å². The summed E-state index contributed by atoms with van der Waals surface area (Å²) in [7, 11) is 0. The van der Waals surface area contributed by atoms with E-state index in [1.54, 1.807) is 18.2 Å². The first-order valence-electron chi connectivity index (χ1n) is 5.30. The molecule has 0 aromatic rings. The van der Waals surface area contributed by atoms with Crippen LogP contribution in [0.15, 0.2) is 72.9 Å². The van der Waals surface area contributed by atoms with Crippen molar-refractivity contribution in [3.8, 4) is 0 Å². The maximum Gasteiger partial charge on any atom is 0.0682 e. The third kappa shape index (κ3) is 5.99. The van der Waals surface area contributed by atoms with Crippen molar-refractivity contribution >= 4 is 0 Å². The number of aliphatic hydroxyl groups excluding tert-OH is 1. The van der Waals surface area contributed by atoms with Crippen molar-refractivity contribution in [3.63, 3.8) is 0 Å². The van der Waals surface area contributed by atoms with E-state index in [2.05, 4.69) is 26.7 Å². The Kier molecular flexibility index (Phi) is 7.82. The van der Waals surface area contributed by atoms with Crippen molar-refractivity contribution < 1.29 is 5.11 Å². The molecule has 0 fully saturated rings. The lowest BCUT2D eigenvalue weighted by atomic mass is 10.1. The molecule has 0 aromatic carbocycles. The van der Waals surface area contributed by atoms with Crippen molar-refractivity contribution in [2.75, 3.05) is 6.61 Å². The van der Waals surface area contributed by atoms with E-state index < -0.39 is 0 Å². The van der Waals surface area contributed by atoms with Gasteiger partial charge in [0.25, 0.3) is 0 Å². The highest BCUT2D eigenvalue weighted by Crippen LogP contribution is 2.08. The molecule has 0 saturated carbocycles. The highest BCUT2D eigenvalue weighted by Gasteiger charge is 1.91. The number of rotatable bonds is 7. The lowest BCUT2D eigenvalue weighted by Gasteiger charge is -1.98. The van der Waals surface area contributed by atoms with Gasteiger partial charge in [0.05, 0.1) is 6.61 Å². The summed E-state index contributed by atoms with van der Waals surface area (Å²) in [4.78, 5) is 0. The maximum absolute atomic E-state index is 9.09. The van der Waals surface area contributed by atoms with Gasteiger partial charge in [-0.25, -0.2) is 0 Å². The summed E-state index contributed by atoms with van der Waals surface area (Å²) in [6.07, 6.45) is 11.8. The minimum Gasteiger partial charge on any atom is -0.392 e. The molecular formula is C15H20O. The average Bonchev–Trinajstić information content (AvgIpc) is 2.32. The number of aliphatic hydroxyl groups is 1. The van der Waals surface area contributed by atoms with Crippen LogP contribution in [0.2, 0.25) is 0 Å². The number of allylic oxidation sites excluding steroid dienone is 7. The van der Waals surface area contributed by atoms with Crippen molar-refractivity contribution in [1.82, 2.24) is 0 Å². The normalized spacial score (nSPS) is 12.9. The zero-order valence-electron chi connectivity index (χ0n) is 9.95. The van der Waals surface area contributed by atoms with Crippen LogP contribution in [0.4, 0.5) is 0 Å². The highest BCUT2D eigenvalue weighted by molar-refractivity contribution is 5.39. The van der Waals surface area contributed by atoms with Gasteiger partial charge in [0, 0.05) is 0 Å². The minimum absolute atomic E-state index is 0.00801. The molecule has 0 rings (SSSR count). The highest BCUT2D eigenvalue weighted by atomic mass is 16.3. The van der Waals surface area contributed by atoms with Crippen LogP contribution >= 0.6 is 0 Å². The van der Waals surface area contributed by atoms with E-state index in [9.17, 15) is 0 Å². The van der Waals surface area contributed by atoms with Gasteiger partial charge < -0.3 is 5.11 Å². The van der Waals surface area contributed by atoms with E-state index in [4.69, 9.17) is 5.11 Å². The zero-order valence-corrected chi connectivity index (χ0v) is 9.95. The van der Waals surface area contributed by atoms with Crippen LogP contribution in [-0.2, 0) is 0 Å². The van der Waals surface area contributed by atoms with Crippen LogP contribution in [0, 0.1) is 0 Å². The van der Waals surface area contributed by atoms with E-state index in [1.807, 2.05) is 18.2 Å². The van der Waals surface area contributed by atoms with E-state index >= 15 is 0 Å². The van der Waals surface area contributed by atoms with Crippen molar-refractivity contribution in [1.29, 1.82) is 0 Å². The van der Waals surface area contributed by atoms with Gasteiger partial charge in [-0.1, -0.05) is 62.6 Å².